The highest BCUT2D eigenvalue weighted by Crippen LogP contribution is 2.40. The Morgan fingerprint density at radius 2 is 2.14 bits per heavy atom. The summed E-state index contributed by atoms with van der Waals surface area (Å²) in [6.07, 6.45) is 5.91. The number of fused-ring (bicyclic) bond motifs is 1. The van der Waals surface area contributed by atoms with E-state index in [1.54, 1.807) is 0 Å². The second kappa shape index (κ2) is 5.13. The highest BCUT2D eigenvalue weighted by atomic mass is 16.5. The van der Waals surface area contributed by atoms with E-state index in [4.69, 9.17) is 4.52 Å². The van der Waals surface area contributed by atoms with Crippen molar-refractivity contribution in [3.63, 3.8) is 0 Å². The molecule has 1 saturated carbocycles. The number of likely N-dealkylation sites (tertiary alicyclic amines) is 2. The number of hydrogen-bond donors (Lipinski definition) is 0. The summed E-state index contributed by atoms with van der Waals surface area (Å²) in [5, 5.41) is 3.99. The Labute approximate surface area is 125 Å². The zero-order valence-electron chi connectivity index (χ0n) is 12.6. The maximum absolute atomic E-state index is 12.6. The first-order chi connectivity index (χ1) is 10.2. The minimum Gasteiger partial charge on any atom is -0.360 e. The first-order valence-corrected chi connectivity index (χ1v) is 8.18. The van der Waals surface area contributed by atoms with E-state index in [-0.39, 0.29) is 5.91 Å². The number of aromatic nitrogens is 1. The van der Waals surface area contributed by atoms with E-state index in [0.717, 1.165) is 25.3 Å². The zero-order valence-corrected chi connectivity index (χ0v) is 12.6. The molecular weight excluding hydrogens is 266 g/mol. The normalized spacial score (nSPS) is 30.2. The van der Waals surface area contributed by atoms with E-state index in [0.29, 0.717) is 23.6 Å². The average Bonchev–Trinajstić information content (AvgIpc) is 3.24. The van der Waals surface area contributed by atoms with Crippen molar-refractivity contribution in [2.24, 2.45) is 5.92 Å². The molecule has 3 heterocycles. The van der Waals surface area contributed by atoms with Crippen molar-refractivity contribution in [3.05, 3.63) is 17.5 Å². The van der Waals surface area contributed by atoms with Crippen LogP contribution in [0.2, 0.25) is 0 Å². The lowest BCUT2D eigenvalue weighted by molar-refractivity contribution is 0.0311. The average molecular weight is 289 g/mol. The molecule has 1 aromatic rings. The molecule has 2 aliphatic heterocycles. The lowest BCUT2D eigenvalue weighted by atomic mass is 9.84. The molecule has 0 bridgehead atoms. The summed E-state index contributed by atoms with van der Waals surface area (Å²) in [4.78, 5) is 17.1. The van der Waals surface area contributed by atoms with Gasteiger partial charge in [0.2, 0.25) is 0 Å². The molecule has 3 aliphatic rings. The molecule has 1 aliphatic carbocycles. The topological polar surface area (TPSA) is 49.6 Å². The minimum absolute atomic E-state index is 0.0531. The van der Waals surface area contributed by atoms with E-state index in [2.05, 4.69) is 17.1 Å². The van der Waals surface area contributed by atoms with Gasteiger partial charge in [0.25, 0.3) is 5.91 Å². The number of nitrogens with zero attached hydrogens (tertiary/aromatic N) is 3. The first-order valence-electron chi connectivity index (χ1n) is 8.18. The van der Waals surface area contributed by atoms with E-state index >= 15 is 0 Å². The predicted molar refractivity (Wildman–Crippen MR) is 78.1 cm³/mol. The Balaban J connectivity index is 1.44. The van der Waals surface area contributed by atoms with Crippen LogP contribution < -0.4 is 0 Å². The van der Waals surface area contributed by atoms with Gasteiger partial charge in [0.05, 0.1) is 0 Å². The lowest BCUT2D eigenvalue weighted by Crippen LogP contribution is -2.53. The van der Waals surface area contributed by atoms with Crippen LogP contribution in [-0.4, -0.2) is 53.6 Å². The van der Waals surface area contributed by atoms with Crippen molar-refractivity contribution in [2.75, 3.05) is 26.7 Å². The number of amides is 1. The van der Waals surface area contributed by atoms with Crippen LogP contribution in [0.4, 0.5) is 0 Å². The molecule has 1 amide bonds. The van der Waals surface area contributed by atoms with Crippen LogP contribution >= 0.6 is 0 Å². The molecule has 0 unspecified atom stereocenters. The third-order valence-corrected chi connectivity index (χ3v) is 5.36. The molecule has 1 aromatic heterocycles. The van der Waals surface area contributed by atoms with Crippen LogP contribution in [0.15, 0.2) is 10.6 Å². The molecular formula is C16H23N3O2. The molecule has 0 radical (unpaired) electrons. The largest absolute Gasteiger partial charge is 0.360 e. The predicted octanol–water partition coefficient (Wildman–Crippen LogP) is 2.11. The number of piperidine rings is 2. The third-order valence-electron chi connectivity index (χ3n) is 5.36. The monoisotopic (exact) mass is 289 g/mol. The van der Waals surface area contributed by atoms with Crippen molar-refractivity contribution >= 4 is 5.91 Å². The smallest absolute Gasteiger partial charge is 0.276 e. The molecule has 0 N–H and O–H groups in total. The Morgan fingerprint density at radius 1 is 1.29 bits per heavy atom. The van der Waals surface area contributed by atoms with Crippen molar-refractivity contribution < 1.29 is 9.32 Å². The van der Waals surface area contributed by atoms with Crippen LogP contribution in [0.1, 0.15) is 54.3 Å². The second-order valence-corrected chi connectivity index (χ2v) is 6.88. The van der Waals surface area contributed by atoms with Crippen molar-refractivity contribution in [1.82, 2.24) is 15.0 Å². The fourth-order valence-corrected chi connectivity index (χ4v) is 3.95. The van der Waals surface area contributed by atoms with Crippen molar-refractivity contribution in [3.8, 4) is 0 Å². The van der Waals surface area contributed by atoms with Gasteiger partial charge in [-0.15, -0.1) is 0 Å². The van der Waals surface area contributed by atoms with Gasteiger partial charge in [0.1, 0.15) is 5.76 Å². The Kier molecular flexibility index (Phi) is 3.25. The van der Waals surface area contributed by atoms with Gasteiger partial charge in [-0.25, -0.2) is 0 Å². The highest BCUT2D eigenvalue weighted by molar-refractivity contribution is 5.92. The number of carbonyl (C=O) groups is 1. The maximum Gasteiger partial charge on any atom is 0.276 e. The van der Waals surface area contributed by atoms with Gasteiger partial charge in [-0.2, -0.15) is 0 Å². The van der Waals surface area contributed by atoms with Gasteiger partial charge >= 0.3 is 0 Å². The van der Waals surface area contributed by atoms with Crippen molar-refractivity contribution in [2.45, 2.75) is 44.1 Å². The summed E-state index contributed by atoms with van der Waals surface area (Å²) in [5.41, 5.74) is 0.500. The minimum atomic E-state index is 0.0531. The molecule has 3 fully saturated rings. The molecule has 5 nitrogen and oxygen atoms in total. The van der Waals surface area contributed by atoms with Gasteiger partial charge in [-0.1, -0.05) is 5.16 Å². The standard InChI is InChI=1S/C16H23N3O2/c1-18-7-2-3-12-10-19(8-6-14(12)18)16(20)13-9-15(21-17-13)11-4-5-11/h9,11-12,14H,2-8,10H2,1H3/t12-,14-/m0/s1. The van der Waals surface area contributed by atoms with Crippen LogP contribution in [0, 0.1) is 5.92 Å². The highest BCUT2D eigenvalue weighted by Gasteiger charge is 2.37. The summed E-state index contributed by atoms with van der Waals surface area (Å²) >= 11 is 0. The van der Waals surface area contributed by atoms with E-state index in [9.17, 15) is 4.79 Å². The van der Waals surface area contributed by atoms with E-state index < -0.39 is 0 Å². The van der Waals surface area contributed by atoms with E-state index in [1.807, 2.05) is 11.0 Å². The summed E-state index contributed by atoms with van der Waals surface area (Å²) < 4.78 is 5.32. The van der Waals surface area contributed by atoms with Crippen LogP contribution in [0.5, 0.6) is 0 Å². The molecule has 21 heavy (non-hydrogen) atoms. The molecule has 114 valence electrons. The molecule has 2 atom stereocenters. The number of carbonyl (C=O) groups excluding carboxylic acids is 1. The summed E-state index contributed by atoms with van der Waals surface area (Å²) in [6.45, 7) is 2.92. The van der Waals surface area contributed by atoms with Gasteiger partial charge in [0, 0.05) is 31.1 Å². The second-order valence-electron chi connectivity index (χ2n) is 6.88. The summed E-state index contributed by atoms with van der Waals surface area (Å²) in [5.74, 6) is 2.08. The molecule has 0 aromatic carbocycles. The van der Waals surface area contributed by atoms with Crippen molar-refractivity contribution in [1.29, 1.82) is 0 Å². The molecule has 2 saturated heterocycles. The summed E-state index contributed by atoms with van der Waals surface area (Å²) in [7, 11) is 2.22. The maximum atomic E-state index is 12.6. The SMILES string of the molecule is CN1CCC[C@H]2CN(C(=O)c3cc(C4CC4)on3)CC[C@@H]21. The quantitative estimate of drug-likeness (QED) is 0.836. The third kappa shape index (κ3) is 2.48. The fourth-order valence-electron chi connectivity index (χ4n) is 3.95. The number of hydrogen-bond acceptors (Lipinski definition) is 4. The Bertz CT molecular complexity index is 537. The van der Waals surface area contributed by atoms with Gasteiger partial charge in [-0.3, -0.25) is 4.79 Å². The van der Waals surface area contributed by atoms with E-state index in [1.165, 1.54) is 32.2 Å². The van der Waals surface area contributed by atoms with Crippen LogP contribution in [0.25, 0.3) is 0 Å². The Morgan fingerprint density at radius 3 is 2.95 bits per heavy atom. The molecule has 5 heteroatoms. The zero-order chi connectivity index (χ0) is 14.4. The van der Waals surface area contributed by atoms with Crippen LogP contribution in [0.3, 0.4) is 0 Å². The number of rotatable bonds is 2. The van der Waals surface area contributed by atoms with Crippen LogP contribution in [-0.2, 0) is 0 Å². The van der Waals surface area contributed by atoms with Gasteiger partial charge in [0.15, 0.2) is 5.69 Å². The fraction of sp³-hybridized carbons (Fsp3) is 0.750. The lowest BCUT2D eigenvalue weighted by Gasteiger charge is -2.45. The van der Waals surface area contributed by atoms with Gasteiger partial charge < -0.3 is 14.3 Å². The summed E-state index contributed by atoms with van der Waals surface area (Å²) in [6, 6.07) is 2.51. The molecule has 0 spiro atoms. The first kappa shape index (κ1) is 13.3. The van der Waals surface area contributed by atoms with Gasteiger partial charge in [-0.05, 0) is 51.6 Å². The Hall–Kier alpha value is -1.36. The molecule has 4 rings (SSSR count).